The van der Waals surface area contributed by atoms with E-state index in [-0.39, 0.29) is 11.9 Å². The van der Waals surface area contributed by atoms with Gasteiger partial charge >= 0.3 is 0 Å². The second-order valence-electron chi connectivity index (χ2n) is 7.05. The lowest BCUT2D eigenvalue weighted by atomic mass is 9.96. The lowest BCUT2D eigenvalue weighted by Crippen LogP contribution is -2.48. The molecule has 0 saturated carbocycles. The third-order valence-electron chi connectivity index (χ3n) is 4.64. The van der Waals surface area contributed by atoms with Gasteiger partial charge in [0.15, 0.2) is 0 Å². The molecule has 0 aliphatic carbocycles. The molecule has 0 bridgehead atoms. The van der Waals surface area contributed by atoms with Gasteiger partial charge in [-0.3, -0.25) is 9.69 Å². The molecule has 1 amide bonds. The number of amides is 1. The van der Waals surface area contributed by atoms with E-state index in [4.69, 9.17) is 0 Å². The molecule has 5 heteroatoms. The maximum absolute atomic E-state index is 11.8. The van der Waals surface area contributed by atoms with Crippen LogP contribution in [0.4, 0.5) is 0 Å². The van der Waals surface area contributed by atoms with Crippen molar-refractivity contribution >= 4 is 5.91 Å². The van der Waals surface area contributed by atoms with Crippen LogP contribution < -0.4 is 5.32 Å². The van der Waals surface area contributed by atoms with E-state index in [0.717, 1.165) is 19.0 Å². The van der Waals surface area contributed by atoms with Gasteiger partial charge in [-0.15, -0.1) is 0 Å². The Morgan fingerprint density at radius 3 is 2.24 bits per heavy atom. The van der Waals surface area contributed by atoms with Gasteiger partial charge in [0.25, 0.3) is 0 Å². The van der Waals surface area contributed by atoms with E-state index in [9.17, 15) is 4.79 Å². The summed E-state index contributed by atoms with van der Waals surface area (Å²) < 4.78 is 0. The summed E-state index contributed by atoms with van der Waals surface area (Å²) in [5.74, 6) is 0.986. The highest BCUT2D eigenvalue weighted by Crippen LogP contribution is 2.18. The monoisotopic (exact) mass is 296 g/mol. The van der Waals surface area contributed by atoms with Crippen molar-refractivity contribution in [3.05, 3.63) is 0 Å². The maximum atomic E-state index is 11.8. The molecule has 0 aromatic heterocycles. The molecule has 2 fully saturated rings. The highest BCUT2D eigenvalue weighted by molar-refractivity contribution is 5.78. The Kier molecular flexibility index (Phi) is 6.45. The van der Waals surface area contributed by atoms with E-state index in [1.165, 1.54) is 45.6 Å². The average Bonchev–Trinajstić information content (AvgIpc) is 2.42. The Morgan fingerprint density at radius 2 is 1.67 bits per heavy atom. The quantitative estimate of drug-likeness (QED) is 0.800. The Hall–Kier alpha value is -0.650. The second-order valence-corrected chi connectivity index (χ2v) is 7.05. The lowest BCUT2D eigenvalue weighted by Gasteiger charge is -2.37. The van der Waals surface area contributed by atoms with Crippen LogP contribution in [0.3, 0.4) is 0 Å². The molecule has 0 aromatic carbocycles. The predicted octanol–water partition coefficient (Wildman–Crippen LogP) is 0.470. The van der Waals surface area contributed by atoms with Crippen molar-refractivity contribution in [1.29, 1.82) is 0 Å². The fraction of sp³-hybridized carbons (Fsp3) is 0.938. The Balaban J connectivity index is 1.63. The molecule has 21 heavy (non-hydrogen) atoms. The average molecular weight is 296 g/mol. The van der Waals surface area contributed by atoms with E-state index < -0.39 is 0 Å². The Morgan fingerprint density at radius 1 is 1.05 bits per heavy atom. The number of rotatable bonds is 5. The van der Waals surface area contributed by atoms with Crippen LogP contribution in [0, 0.1) is 5.92 Å². The van der Waals surface area contributed by atoms with E-state index in [1.54, 1.807) is 0 Å². The van der Waals surface area contributed by atoms with Crippen molar-refractivity contribution in [2.24, 2.45) is 5.92 Å². The van der Waals surface area contributed by atoms with Gasteiger partial charge in [0.2, 0.25) is 5.91 Å². The molecule has 2 rings (SSSR count). The molecule has 2 aliphatic heterocycles. The number of nitrogens with zero attached hydrogens (tertiary/aromatic N) is 3. The molecule has 2 saturated heterocycles. The van der Waals surface area contributed by atoms with Crippen LogP contribution in [-0.2, 0) is 4.79 Å². The number of carbonyl (C=O) groups excluding carboxylic acids is 1. The van der Waals surface area contributed by atoms with Gasteiger partial charge < -0.3 is 15.1 Å². The van der Waals surface area contributed by atoms with Crippen molar-refractivity contribution < 1.29 is 4.79 Å². The summed E-state index contributed by atoms with van der Waals surface area (Å²) in [5.41, 5.74) is 0. The van der Waals surface area contributed by atoms with Gasteiger partial charge in [0, 0.05) is 38.8 Å². The minimum atomic E-state index is 0.169. The van der Waals surface area contributed by atoms with Gasteiger partial charge in [-0.05, 0) is 52.7 Å². The first-order chi connectivity index (χ1) is 10.0. The second kappa shape index (κ2) is 8.11. The molecule has 0 unspecified atom stereocenters. The molecular formula is C16H32N4O. The first-order valence-electron chi connectivity index (χ1n) is 8.45. The highest BCUT2D eigenvalue weighted by atomic mass is 16.2. The van der Waals surface area contributed by atoms with Crippen LogP contribution >= 0.6 is 0 Å². The van der Waals surface area contributed by atoms with Crippen molar-refractivity contribution in [2.75, 3.05) is 59.4 Å². The molecule has 0 aromatic rings. The summed E-state index contributed by atoms with van der Waals surface area (Å²) in [4.78, 5) is 19.1. The fourth-order valence-corrected chi connectivity index (χ4v) is 3.29. The van der Waals surface area contributed by atoms with Crippen molar-refractivity contribution in [1.82, 2.24) is 20.0 Å². The predicted molar refractivity (Wildman–Crippen MR) is 86.4 cm³/mol. The summed E-state index contributed by atoms with van der Waals surface area (Å²) in [6.07, 6.45) is 2.47. The molecule has 5 nitrogen and oxygen atoms in total. The van der Waals surface area contributed by atoms with Crippen LogP contribution in [0.5, 0.6) is 0 Å². The first kappa shape index (κ1) is 16.7. The number of carbonyl (C=O) groups is 1. The number of piperazine rings is 1. The molecule has 2 aliphatic rings. The van der Waals surface area contributed by atoms with E-state index >= 15 is 0 Å². The third-order valence-corrected chi connectivity index (χ3v) is 4.64. The third kappa shape index (κ3) is 5.93. The highest BCUT2D eigenvalue weighted by Gasteiger charge is 2.24. The van der Waals surface area contributed by atoms with E-state index in [0.29, 0.717) is 6.54 Å². The van der Waals surface area contributed by atoms with Crippen LogP contribution in [-0.4, -0.2) is 86.1 Å². The van der Waals surface area contributed by atoms with Gasteiger partial charge in [0.05, 0.1) is 6.54 Å². The minimum absolute atomic E-state index is 0.169. The zero-order valence-corrected chi connectivity index (χ0v) is 14.0. The zero-order chi connectivity index (χ0) is 15.2. The van der Waals surface area contributed by atoms with Crippen LogP contribution in [0.15, 0.2) is 0 Å². The minimum Gasteiger partial charge on any atom is -0.353 e. The molecular weight excluding hydrogens is 264 g/mol. The van der Waals surface area contributed by atoms with Crippen LogP contribution in [0.2, 0.25) is 0 Å². The number of nitrogens with one attached hydrogen (secondary N) is 1. The molecule has 0 spiro atoms. The normalized spacial score (nSPS) is 23.6. The summed E-state index contributed by atoms with van der Waals surface area (Å²) in [6, 6.07) is 0.243. The summed E-state index contributed by atoms with van der Waals surface area (Å²) >= 11 is 0. The molecule has 1 N–H and O–H groups in total. The van der Waals surface area contributed by atoms with Crippen LogP contribution in [0.1, 0.15) is 26.7 Å². The molecule has 0 atom stereocenters. The largest absolute Gasteiger partial charge is 0.353 e. The summed E-state index contributed by atoms with van der Waals surface area (Å²) in [7, 11) is 2.21. The summed E-state index contributed by atoms with van der Waals surface area (Å²) in [5, 5.41) is 2.98. The molecule has 122 valence electrons. The first-order valence-corrected chi connectivity index (χ1v) is 8.45. The van der Waals surface area contributed by atoms with Crippen molar-refractivity contribution in [3.63, 3.8) is 0 Å². The smallest absolute Gasteiger partial charge is 0.234 e. The van der Waals surface area contributed by atoms with Crippen molar-refractivity contribution in [3.8, 4) is 0 Å². The van der Waals surface area contributed by atoms with Crippen molar-refractivity contribution in [2.45, 2.75) is 32.7 Å². The zero-order valence-electron chi connectivity index (χ0n) is 14.0. The summed E-state index contributed by atoms with van der Waals surface area (Å²) in [6.45, 7) is 12.8. The van der Waals surface area contributed by atoms with Gasteiger partial charge in [-0.1, -0.05) is 0 Å². The maximum Gasteiger partial charge on any atom is 0.234 e. The number of hydrogen-bond donors (Lipinski definition) is 1. The Labute approximate surface area is 129 Å². The van der Waals surface area contributed by atoms with Gasteiger partial charge in [-0.2, -0.15) is 0 Å². The number of piperidine rings is 1. The molecule has 2 heterocycles. The molecule has 0 radical (unpaired) electrons. The lowest BCUT2D eigenvalue weighted by molar-refractivity contribution is -0.123. The number of likely N-dealkylation sites (tertiary alicyclic amines) is 1. The van der Waals surface area contributed by atoms with E-state index in [1.807, 2.05) is 13.8 Å². The number of likely N-dealkylation sites (N-methyl/N-ethyl adjacent to an activating group) is 1. The van der Waals surface area contributed by atoms with Gasteiger partial charge in [-0.25, -0.2) is 0 Å². The van der Waals surface area contributed by atoms with Gasteiger partial charge in [0.1, 0.15) is 0 Å². The Bertz CT molecular complexity index is 318. The van der Waals surface area contributed by atoms with Crippen LogP contribution in [0.25, 0.3) is 0 Å². The topological polar surface area (TPSA) is 38.8 Å². The van der Waals surface area contributed by atoms with E-state index in [2.05, 4.69) is 27.1 Å². The fourth-order valence-electron chi connectivity index (χ4n) is 3.29. The SMILES string of the molecule is CC(C)NC(=O)CN1CCC(CN2CCN(C)CC2)CC1. The standard InChI is InChI=1S/C16H32N4O/c1-14(2)17-16(21)13-19-6-4-15(5-7-19)12-20-10-8-18(3)9-11-20/h14-15H,4-13H2,1-3H3,(H,17,21). The number of hydrogen-bond acceptors (Lipinski definition) is 4.